The van der Waals surface area contributed by atoms with E-state index in [4.69, 9.17) is 0 Å². The summed E-state index contributed by atoms with van der Waals surface area (Å²) in [4.78, 5) is 29.1. The van der Waals surface area contributed by atoms with E-state index in [1.807, 2.05) is 19.1 Å². The van der Waals surface area contributed by atoms with E-state index in [-0.39, 0.29) is 35.9 Å². The average molecular weight is 393 g/mol. The molecule has 8 nitrogen and oxygen atoms in total. The highest BCUT2D eigenvalue weighted by atomic mass is 32.2. The minimum absolute atomic E-state index is 0.0343. The average Bonchev–Trinajstić information content (AvgIpc) is 2.94. The van der Waals surface area contributed by atoms with Crippen molar-refractivity contribution in [3.63, 3.8) is 0 Å². The second kappa shape index (κ2) is 7.06. The van der Waals surface area contributed by atoms with Gasteiger partial charge in [0.25, 0.3) is 5.91 Å². The number of carbonyl (C=O) groups is 1. The van der Waals surface area contributed by atoms with Gasteiger partial charge in [0.05, 0.1) is 17.4 Å². The number of aliphatic hydroxyl groups is 1. The third-order valence-corrected chi connectivity index (χ3v) is 6.87. The number of amides is 1. The number of nitrogens with zero attached hydrogens (tertiary/aromatic N) is 2. The van der Waals surface area contributed by atoms with Crippen LogP contribution < -0.4 is 5.56 Å². The van der Waals surface area contributed by atoms with Crippen LogP contribution >= 0.6 is 0 Å². The zero-order valence-electron chi connectivity index (χ0n) is 15.5. The van der Waals surface area contributed by atoms with Gasteiger partial charge in [-0.1, -0.05) is 11.6 Å². The van der Waals surface area contributed by atoms with Crippen LogP contribution in [-0.4, -0.2) is 72.7 Å². The highest BCUT2D eigenvalue weighted by molar-refractivity contribution is 7.89. The second-order valence-electron chi connectivity index (χ2n) is 7.19. The Balaban J connectivity index is 1.90. The molecule has 0 radical (unpaired) electrons. The lowest BCUT2D eigenvalue weighted by Crippen LogP contribution is -2.34. The van der Waals surface area contributed by atoms with Crippen molar-refractivity contribution in [2.24, 2.45) is 5.92 Å². The summed E-state index contributed by atoms with van der Waals surface area (Å²) >= 11 is 0. The van der Waals surface area contributed by atoms with Gasteiger partial charge in [0.1, 0.15) is 0 Å². The number of aliphatic hydroxyl groups excluding tert-OH is 1. The number of β-amino-alcohol motifs (C(OH)–C–C–N with tert-alkyl or cyclic N) is 1. The fourth-order valence-electron chi connectivity index (χ4n) is 3.32. The lowest BCUT2D eigenvalue weighted by Gasteiger charge is -2.18. The molecule has 0 bridgehead atoms. The first kappa shape index (κ1) is 19.5. The molecule has 9 heteroatoms. The lowest BCUT2D eigenvalue weighted by molar-refractivity contribution is 0.0766. The van der Waals surface area contributed by atoms with Gasteiger partial charge < -0.3 is 15.0 Å². The largest absolute Gasteiger partial charge is 0.391 e. The number of aromatic nitrogens is 1. The number of fused-ring (bicyclic) bond motifs is 1. The van der Waals surface area contributed by atoms with Crippen LogP contribution in [0.1, 0.15) is 15.9 Å². The van der Waals surface area contributed by atoms with E-state index in [9.17, 15) is 23.1 Å². The van der Waals surface area contributed by atoms with Gasteiger partial charge >= 0.3 is 0 Å². The molecule has 0 unspecified atom stereocenters. The summed E-state index contributed by atoms with van der Waals surface area (Å²) in [5.41, 5.74) is 1.37. The van der Waals surface area contributed by atoms with Crippen LogP contribution in [0.15, 0.2) is 29.1 Å². The van der Waals surface area contributed by atoms with Gasteiger partial charge in [-0.05, 0) is 19.1 Å². The summed E-state index contributed by atoms with van der Waals surface area (Å²) < 4.78 is 25.3. The normalized spacial score (nSPS) is 20.6. The number of sulfonamides is 1. The zero-order valence-corrected chi connectivity index (χ0v) is 16.3. The Bertz CT molecular complexity index is 1040. The van der Waals surface area contributed by atoms with Crippen LogP contribution in [0.3, 0.4) is 0 Å². The maximum Gasteiger partial charge on any atom is 0.254 e. The molecular formula is C18H23N3O5S. The van der Waals surface area contributed by atoms with Crippen LogP contribution in [0.2, 0.25) is 0 Å². The molecule has 3 rings (SSSR count). The first-order valence-corrected chi connectivity index (χ1v) is 10.2. The third-order valence-electron chi connectivity index (χ3n) is 4.90. The topological polar surface area (TPSA) is 111 Å². The van der Waals surface area contributed by atoms with Gasteiger partial charge in [-0.25, -0.2) is 12.7 Å². The molecular weight excluding hydrogens is 370 g/mol. The summed E-state index contributed by atoms with van der Waals surface area (Å²) in [6.07, 6.45) is -0.932. The number of pyridine rings is 1. The summed E-state index contributed by atoms with van der Waals surface area (Å²) in [6, 6.07) is 6.65. The monoisotopic (exact) mass is 393 g/mol. The molecule has 0 aliphatic carbocycles. The Labute approximate surface area is 157 Å². The predicted molar refractivity (Wildman–Crippen MR) is 102 cm³/mol. The van der Waals surface area contributed by atoms with Crippen molar-refractivity contribution >= 4 is 26.8 Å². The Morgan fingerprint density at radius 2 is 2.00 bits per heavy atom. The molecule has 2 heterocycles. The van der Waals surface area contributed by atoms with Crippen molar-refractivity contribution in [1.82, 2.24) is 14.2 Å². The maximum absolute atomic E-state index is 13.0. The minimum atomic E-state index is -3.49. The van der Waals surface area contributed by atoms with Gasteiger partial charge in [-0.2, -0.15) is 0 Å². The maximum atomic E-state index is 13.0. The van der Waals surface area contributed by atoms with Crippen LogP contribution in [0.25, 0.3) is 10.9 Å². The van der Waals surface area contributed by atoms with Gasteiger partial charge in [-0.3, -0.25) is 9.59 Å². The third kappa shape index (κ3) is 3.90. The number of carbonyl (C=O) groups excluding carboxylic acids is 1. The van der Waals surface area contributed by atoms with Crippen molar-refractivity contribution in [2.75, 3.05) is 32.9 Å². The molecule has 146 valence electrons. The Kier molecular flexibility index (Phi) is 5.11. The molecule has 1 amide bonds. The van der Waals surface area contributed by atoms with Crippen molar-refractivity contribution in [1.29, 1.82) is 0 Å². The van der Waals surface area contributed by atoms with Gasteiger partial charge in [-0.15, -0.1) is 0 Å². The number of benzene rings is 1. The van der Waals surface area contributed by atoms with Crippen molar-refractivity contribution in [3.05, 3.63) is 45.7 Å². The number of hydrogen-bond donors (Lipinski definition) is 2. The van der Waals surface area contributed by atoms with Crippen LogP contribution in [0.4, 0.5) is 0 Å². The van der Waals surface area contributed by atoms with Crippen molar-refractivity contribution in [2.45, 2.75) is 13.0 Å². The van der Waals surface area contributed by atoms with Crippen molar-refractivity contribution in [3.8, 4) is 0 Å². The molecule has 0 spiro atoms. The molecule has 1 aliphatic rings. The number of nitrogens with one attached hydrogen (secondary N) is 1. The molecule has 1 fully saturated rings. The van der Waals surface area contributed by atoms with Gasteiger partial charge in [0.15, 0.2) is 0 Å². The van der Waals surface area contributed by atoms with Gasteiger partial charge in [0.2, 0.25) is 15.6 Å². The lowest BCUT2D eigenvalue weighted by atomic mass is 10.1. The zero-order chi connectivity index (χ0) is 19.9. The van der Waals surface area contributed by atoms with E-state index in [2.05, 4.69) is 4.98 Å². The predicted octanol–water partition coefficient (Wildman–Crippen LogP) is 0.161. The molecule has 2 aromatic rings. The van der Waals surface area contributed by atoms with E-state index in [1.54, 1.807) is 6.07 Å². The fourth-order valence-corrected chi connectivity index (χ4v) is 4.48. The molecule has 27 heavy (non-hydrogen) atoms. The Hall–Kier alpha value is -2.23. The molecule has 2 N–H and O–H groups in total. The standard InChI is InChI=1S/C18H23N3O5S/c1-11-4-5-15-13(6-11)14(7-17(23)19-15)18(24)21-8-12(16(22)9-21)10-27(25,26)20(2)3/h4-7,12,16,22H,8-10H2,1-3H3,(H,19,23)/t12-,16+/m0/s1. The van der Waals surface area contributed by atoms with E-state index < -0.39 is 22.0 Å². The van der Waals surface area contributed by atoms with Crippen molar-refractivity contribution < 1.29 is 18.3 Å². The summed E-state index contributed by atoms with van der Waals surface area (Å²) in [5.74, 6) is -1.20. The number of hydrogen-bond acceptors (Lipinski definition) is 5. The number of aromatic amines is 1. The fraction of sp³-hybridized carbons (Fsp3) is 0.444. The Morgan fingerprint density at radius 3 is 2.67 bits per heavy atom. The molecule has 1 saturated heterocycles. The smallest absolute Gasteiger partial charge is 0.254 e. The Morgan fingerprint density at radius 1 is 1.30 bits per heavy atom. The first-order valence-electron chi connectivity index (χ1n) is 8.59. The second-order valence-corrected chi connectivity index (χ2v) is 9.42. The highest BCUT2D eigenvalue weighted by Crippen LogP contribution is 2.24. The summed E-state index contributed by atoms with van der Waals surface area (Å²) in [7, 11) is -0.625. The van der Waals surface area contributed by atoms with Gasteiger partial charge in [0, 0.05) is 50.1 Å². The van der Waals surface area contributed by atoms with Crippen LogP contribution in [0, 0.1) is 12.8 Å². The minimum Gasteiger partial charge on any atom is -0.391 e. The van der Waals surface area contributed by atoms with Crippen LogP contribution in [0.5, 0.6) is 0 Å². The van der Waals surface area contributed by atoms with E-state index in [0.717, 1.165) is 9.87 Å². The van der Waals surface area contributed by atoms with E-state index in [1.165, 1.54) is 25.1 Å². The first-order chi connectivity index (χ1) is 12.6. The quantitative estimate of drug-likeness (QED) is 0.769. The molecule has 2 atom stereocenters. The van der Waals surface area contributed by atoms with Crippen LogP contribution in [-0.2, 0) is 10.0 Å². The summed E-state index contributed by atoms with van der Waals surface area (Å²) in [5, 5.41) is 10.9. The number of rotatable bonds is 4. The van der Waals surface area contributed by atoms with E-state index >= 15 is 0 Å². The van der Waals surface area contributed by atoms with E-state index in [0.29, 0.717) is 10.9 Å². The number of aryl methyl sites for hydroxylation is 1. The number of H-pyrrole nitrogens is 1. The summed E-state index contributed by atoms with van der Waals surface area (Å²) in [6.45, 7) is 2.04. The molecule has 1 aromatic carbocycles. The highest BCUT2D eigenvalue weighted by Gasteiger charge is 2.38. The molecule has 1 aromatic heterocycles. The SMILES string of the molecule is Cc1ccc2[nH]c(=O)cc(C(=O)N3C[C@@H](CS(=O)(=O)N(C)C)[C@H](O)C3)c2c1. The molecule has 0 saturated carbocycles. The number of likely N-dealkylation sites (tertiary alicyclic amines) is 1. The molecule has 1 aliphatic heterocycles.